The van der Waals surface area contributed by atoms with Crippen molar-refractivity contribution in [3.63, 3.8) is 0 Å². The minimum absolute atomic E-state index is 0.316. The molecule has 1 aromatic carbocycles. The summed E-state index contributed by atoms with van der Waals surface area (Å²) in [5.74, 6) is -1.48. The van der Waals surface area contributed by atoms with Crippen LogP contribution in [-0.2, 0) is 33.6 Å². The Morgan fingerprint density at radius 3 is 2.80 bits per heavy atom. The second kappa shape index (κ2) is 9.53. The average molecular weight is 495 g/mol. The quantitative estimate of drug-likeness (QED) is 0.276. The third kappa shape index (κ3) is 4.41. The summed E-state index contributed by atoms with van der Waals surface area (Å²) in [4.78, 5) is 56.0. The van der Waals surface area contributed by atoms with Gasteiger partial charge in [0.1, 0.15) is 17.6 Å². The summed E-state index contributed by atoms with van der Waals surface area (Å²) < 4.78 is 4.97. The van der Waals surface area contributed by atoms with Crippen LogP contribution in [0.4, 0.5) is 9.80 Å². The number of H-pyrrole nitrogens is 1. The molecule has 1 unspecified atom stereocenters. The summed E-state index contributed by atoms with van der Waals surface area (Å²) in [6.07, 6.45) is 6.85. The lowest BCUT2D eigenvalue weighted by Crippen LogP contribution is -2.38. The number of carbonyl (C=O) groups excluding carboxylic acids is 4. The molecule has 9 nitrogen and oxygen atoms in total. The number of nitrogens with one attached hydrogen (secondary N) is 3. The minimum atomic E-state index is -0.752. The van der Waals surface area contributed by atoms with Crippen LogP contribution in [0.3, 0.4) is 0 Å². The van der Waals surface area contributed by atoms with Crippen LogP contribution in [-0.4, -0.2) is 53.4 Å². The smallest absolute Gasteiger partial charge is 0.341 e. The van der Waals surface area contributed by atoms with Gasteiger partial charge in [-0.1, -0.05) is 24.6 Å². The molecule has 1 aliphatic carbocycles. The van der Waals surface area contributed by atoms with Crippen molar-refractivity contribution in [1.29, 1.82) is 0 Å². The van der Waals surface area contributed by atoms with Gasteiger partial charge in [-0.3, -0.25) is 14.5 Å². The summed E-state index contributed by atoms with van der Waals surface area (Å²) in [5.41, 5.74) is 3.18. The van der Waals surface area contributed by atoms with Crippen LogP contribution < -0.4 is 10.6 Å². The van der Waals surface area contributed by atoms with Crippen molar-refractivity contribution in [1.82, 2.24) is 15.2 Å². The maximum absolute atomic E-state index is 13.0. The number of hydrogen-bond acceptors (Lipinski definition) is 6. The Balaban J connectivity index is 1.29. The Bertz CT molecular complexity index is 1330. The number of nitrogens with zero attached hydrogens (tertiary/aromatic N) is 1. The summed E-state index contributed by atoms with van der Waals surface area (Å²) >= 11 is 1.37. The van der Waals surface area contributed by atoms with E-state index in [1.54, 1.807) is 0 Å². The predicted molar refractivity (Wildman–Crippen MR) is 132 cm³/mol. The van der Waals surface area contributed by atoms with Gasteiger partial charge in [-0.05, 0) is 42.9 Å². The average Bonchev–Trinajstić information content (AvgIpc) is 3.42. The van der Waals surface area contributed by atoms with Crippen molar-refractivity contribution < 1.29 is 23.9 Å². The molecule has 1 aliphatic heterocycles. The van der Waals surface area contributed by atoms with Gasteiger partial charge in [0, 0.05) is 28.4 Å². The fraction of sp³-hybridized carbons (Fsp3) is 0.360. The minimum Gasteiger partial charge on any atom is -0.465 e. The van der Waals surface area contributed by atoms with Crippen molar-refractivity contribution in [2.24, 2.45) is 0 Å². The predicted octanol–water partition coefficient (Wildman–Crippen LogP) is 3.39. The van der Waals surface area contributed by atoms with E-state index in [1.165, 1.54) is 18.4 Å². The number of ether oxygens (including phenoxy) is 1. The van der Waals surface area contributed by atoms with Crippen molar-refractivity contribution in [3.05, 3.63) is 52.0 Å². The zero-order valence-electron chi connectivity index (χ0n) is 19.3. The summed E-state index contributed by atoms with van der Waals surface area (Å²) in [6.45, 7) is -0.432. The molecule has 4 amide bonds. The first-order valence-corrected chi connectivity index (χ1v) is 12.5. The Morgan fingerprint density at radius 1 is 1.17 bits per heavy atom. The number of amides is 4. The Hall–Kier alpha value is -3.66. The van der Waals surface area contributed by atoms with Gasteiger partial charge in [-0.15, -0.1) is 11.3 Å². The van der Waals surface area contributed by atoms with Gasteiger partial charge in [0.05, 0.1) is 12.7 Å². The van der Waals surface area contributed by atoms with E-state index < -0.39 is 36.4 Å². The largest absolute Gasteiger partial charge is 0.465 e. The summed E-state index contributed by atoms with van der Waals surface area (Å²) in [7, 11) is 1.32. The molecule has 0 bridgehead atoms. The van der Waals surface area contributed by atoms with E-state index >= 15 is 0 Å². The van der Waals surface area contributed by atoms with Gasteiger partial charge < -0.3 is 20.4 Å². The molecule has 10 heteroatoms. The molecule has 0 saturated carbocycles. The van der Waals surface area contributed by atoms with Crippen LogP contribution >= 0.6 is 11.3 Å². The van der Waals surface area contributed by atoms with Gasteiger partial charge in [-0.25, -0.2) is 9.59 Å². The molecule has 1 saturated heterocycles. The van der Waals surface area contributed by atoms with E-state index in [4.69, 9.17) is 4.74 Å². The van der Waals surface area contributed by atoms with E-state index in [0.29, 0.717) is 17.0 Å². The molecule has 3 aromatic rings. The molecule has 0 radical (unpaired) electrons. The van der Waals surface area contributed by atoms with Crippen LogP contribution in [0.1, 0.15) is 45.6 Å². The van der Waals surface area contributed by atoms with Crippen molar-refractivity contribution in [2.45, 2.75) is 44.6 Å². The number of aryl methyl sites for hydroxylation is 1. The standard InChI is InChI=1S/C25H26N4O5S/c1-34-24(32)21-16-8-3-2-4-10-19(16)35-22(21)28-20(30)13-29-23(31)18(27-25(29)33)11-14-12-26-17-9-6-5-7-15(14)17/h5-7,9,12,18,26H,2-4,8,10-11,13H2,1H3,(H,27,33)(H,28,30). The molecule has 3 heterocycles. The van der Waals surface area contributed by atoms with Crippen LogP contribution in [0.15, 0.2) is 30.5 Å². The topological polar surface area (TPSA) is 121 Å². The number of carbonyl (C=O) groups is 4. The van der Waals surface area contributed by atoms with Crippen molar-refractivity contribution in [3.8, 4) is 0 Å². The van der Waals surface area contributed by atoms with Gasteiger partial charge in [0.15, 0.2) is 0 Å². The molecule has 1 fully saturated rings. The number of urea groups is 1. The first kappa shape index (κ1) is 23.1. The number of rotatable bonds is 6. The number of anilines is 1. The normalized spacial score (nSPS) is 17.7. The van der Waals surface area contributed by atoms with Gasteiger partial charge in [0.2, 0.25) is 5.91 Å². The van der Waals surface area contributed by atoms with E-state index in [0.717, 1.165) is 63.9 Å². The monoisotopic (exact) mass is 494 g/mol. The number of methoxy groups -OCH3 is 1. The molecule has 5 rings (SSSR count). The Labute approximate surface area is 205 Å². The third-order valence-electron chi connectivity index (χ3n) is 6.57. The van der Waals surface area contributed by atoms with E-state index in [1.807, 2.05) is 30.5 Å². The van der Waals surface area contributed by atoms with E-state index in [2.05, 4.69) is 15.6 Å². The SMILES string of the molecule is COC(=O)c1c(NC(=O)CN2C(=O)NC(Cc3c[nH]c4ccccc34)C2=O)sc2c1CCCCC2. The fourth-order valence-electron chi connectivity index (χ4n) is 4.84. The van der Waals surface area contributed by atoms with Gasteiger partial charge in [-0.2, -0.15) is 0 Å². The second-order valence-corrected chi connectivity index (χ2v) is 9.90. The number of aromatic nitrogens is 1. The number of fused-ring (bicyclic) bond motifs is 2. The Kier molecular flexibility index (Phi) is 6.29. The van der Waals surface area contributed by atoms with Crippen LogP contribution in [0.2, 0.25) is 0 Å². The fourth-order valence-corrected chi connectivity index (χ4v) is 6.14. The number of para-hydroxylation sites is 1. The second-order valence-electron chi connectivity index (χ2n) is 8.80. The van der Waals surface area contributed by atoms with E-state index in [-0.39, 0.29) is 0 Å². The summed E-state index contributed by atoms with van der Waals surface area (Å²) in [6, 6.07) is 6.37. The number of imide groups is 1. The zero-order chi connectivity index (χ0) is 24.5. The molecule has 2 aliphatic rings. The molecule has 2 aromatic heterocycles. The maximum atomic E-state index is 13.0. The summed E-state index contributed by atoms with van der Waals surface area (Å²) in [5, 5.41) is 6.84. The highest BCUT2D eigenvalue weighted by Gasteiger charge is 2.39. The zero-order valence-corrected chi connectivity index (χ0v) is 20.1. The highest BCUT2D eigenvalue weighted by Crippen LogP contribution is 2.38. The molecule has 35 heavy (non-hydrogen) atoms. The first-order chi connectivity index (χ1) is 17.0. The number of benzene rings is 1. The Morgan fingerprint density at radius 2 is 1.97 bits per heavy atom. The van der Waals surface area contributed by atoms with Gasteiger partial charge >= 0.3 is 12.0 Å². The lowest BCUT2D eigenvalue weighted by atomic mass is 10.1. The van der Waals surface area contributed by atoms with Crippen LogP contribution in [0, 0.1) is 0 Å². The van der Waals surface area contributed by atoms with Gasteiger partial charge in [0.25, 0.3) is 5.91 Å². The molecular formula is C25H26N4O5S. The number of thiophene rings is 1. The first-order valence-electron chi connectivity index (χ1n) is 11.7. The number of esters is 1. The lowest BCUT2D eigenvalue weighted by molar-refractivity contribution is -0.130. The molecule has 3 N–H and O–H groups in total. The van der Waals surface area contributed by atoms with Crippen LogP contribution in [0.5, 0.6) is 0 Å². The maximum Gasteiger partial charge on any atom is 0.341 e. The number of hydrogen-bond donors (Lipinski definition) is 3. The molecule has 182 valence electrons. The van der Waals surface area contributed by atoms with E-state index in [9.17, 15) is 19.2 Å². The van der Waals surface area contributed by atoms with Crippen molar-refractivity contribution in [2.75, 3.05) is 19.0 Å². The van der Waals surface area contributed by atoms with Crippen molar-refractivity contribution >= 4 is 51.1 Å². The molecular weight excluding hydrogens is 468 g/mol. The highest BCUT2D eigenvalue weighted by atomic mass is 32.1. The third-order valence-corrected chi connectivity index (χ3v) is 7.78. The lowest BCUT2D eigenvalue weighted by Gasteiger charge is -2.13. The van der Waals surface area contributed by atoms with Crippen LogP contribution in [0.25, 0.3) is 10.9 Å². The highest BCUT2D eigenvalue weighted by molar-refractivity contribution is 7.17. The molecule has 1 atom stereocenters. The molecule has 0 spiro atoms. The number of aromatic amines is 1.